The van der Waals surface area contributed by atoms with Gasteiger partial charge in [-0.25, -0.2) is 15.0 Å². The van der Waals surface area contributed by atoms with Crippen LogP contribution in [0.2, 0.25) is 5.28 Å². The number of carbonyl (C=O) groups is 2. The average molecular weight is 555 g/mol. The zero-order valence-electron chi connectivity index (χ0n) is 20.4. The number of nitrogens with zero attached hydrogens (tertiary/aromatic N) is 4. The second-order valence-corrected chi connectivity index (χ2v) is 11.2. The second kappa shape index (κ2) is 9.29. The van der Waals surface area contributed by atoms with Crippen molar-refractivity contribution >= 4 is 61.6 Å². The van der Waals surface area contributed by atoms with Gasteiger partial charge in [-0.2, -0.15) is 4.98 Å². The summed E-state index contributed by atoms with van der Waals surface area (Å²) >= 11 is 7.44. The number of carboxylic acid groups (broad SMARTS) is 1. The minimum absolute atomic E-state index is 0.000786. The number of aliphatic carboxylic acids is 1. The molecule has 3 N–H and O–H groups in total. The predicted molar refractivity (Wildman–Crippen MR) is 141 cm³/mol. The molecule has 1 fully saturated rings. The van der Waals surface area contributed by atoms with Gasteiger partial charge in [0, 0.05) is 28.9 Å². The maximum atomic E-state index is 12.7. The highest BCUT2D eigenvalue weighted by molar-refractivity contribution is 7.21. The van der Waals surface area contributed by atoms with Gasteiger partial charge in [0.25, 0.3) is 5.91 Å². The topological polar surface area (TPSA) is 148 Å². The molecular formula is C25H23ClN6O5S. The molecule has 0 saturated heterocycles. The van der Waals surface area contributed by atoms with E-state index in [0.717, 1.165) is 15.8 Å². The lowest BCUT2D eigenvalue weighted by molar-refractivity contribution is -0.165. The lowest BCUT2D eigenvalue weighted by Crippen LogP contribution is -2.45. The van der Waals surface area contributed by atoms with Gasteiger partial charge < -0.3 is 25.2 Å². The Kier molecular flexibility index (Phi) is 6.04. The first kappa shape index (κ1) is 24.7. The van der Waals surface area contributed by atoms with Crippen molar-refractivity contribution in [1.82, 2.24) is 25.3 Å². The molecule has 4 heterocycles. The normalized spacial score (nSPS) is 22.8. The number of amides is 1. The fraction of sp³-hybridized carbons (Fsp3) is 0.360. The number of thiophene rings is 1. The standard InChI is InChI=1S/C25H23ClN6O5S/c1-11-7-27-19-17-15(38-20(19)21(33)30-11)4-3-14-18(17)28-9-16(31-14)37-22-12(8-29-24(26)32-22)10-36-13-5-25(2,6-13)23(34)35/h3-4,8-9,11,13,27H,5-7,10H2,1-2H3,(H,30,33)(H,34,35)/t11-,13?,25?/m1/s1. The molecule has 1 saturated carbocycles. The predicted octanol–water partition coefficient (Wildman–Crippen LogP) is 4.39. The molecule has 4 aromatic rings. The summed E-state index contributed by atoms with van der Waals surface area (Å²) in [6, 6.07) is 3.75. The maximum absolute atomic E-state index is 12.7. The SMILES string of the molecule is C[C@@H]1CNc2c(sc3ccc4nc(Oc5nc(Cl)ncc5COC5CC(C)(C(=O)O)C5)cnc4c23)C(=O)N1. The van der Waals surface area contributed by atoms with E-state index in [9.17, 15) is 14.7 Å². The number of hydrogen-bond donors (Lipinski definition) is 3. The van der Waals surface area contributed by atoms with E-state index in [1.54, 1.807) is 6.92 Å². The number of rotatable bonds is 6. The monoisotopic (exact) mass is 554 g/mol. The van der Waals surface area contributed by atoms with Gasteiger partial charge in [0.05, 0.1) is 46.6 Å². The molecule has 11 nitrogen and oxygen atoms in total. The van der Waals surface area contributed by atoms with Crippen LogP contribution in [0.3, 0.4) is 0 Å². The highest BCUT2D eigenvalue weighted by Crippen LogP contribution is 2.43. The minimum Gasteiger partial charge on any atom is -0.481 e. The Balaban J connectivity index is 1.26. The van der Waals surface area contributed by atoms with E-state index in [2.05, 4.69) is 30.6 Å². The van der Waals surface area contributed by atoms with E-state index in [1.807, 2.05) is 19.1 Å². The number of halogens is 1. The fourth-order valence-electron chi connectivity index (χ4n) is 4.73. The van der Waals surface area contributed by atoms with Crippen molar-refractivity contribution in [2.45, 2.75) is 45.4 Å². The Labute approximate surface area is 225 Å². The van der Waals surface area contributed by atoms with E-state index in [-0.39, 0.29) is 41.7 Å². The van der Waals surface area contributed by atoms with E-state index in [1.165, 1.54) is 23.7 Å². The Morgan fingerprint density at radius 1 is 1.26 bits per heavy atom. The number of benzene rings is 1. The van der Waals surface area contributed by atoms with Crippen molar-refractivity contribution in [3.05, 3.63) is 40.3 Å². The molecule has 196 valence electrons. The molecule has 1 aliphatic carbocycles. The number of hydrogen-bond acceptors (Lipinski definition) is 10. The van der Waals surface area contributed by atoms with Crippen LogP contribution in [0.4, 0.5) is 5.69 Å². The Hall–Kier alpha value is -3.61. The number of anilines is 1. The molecule has 38 heavy (non-hydrogen) atoms. The summed E-state index contributed by atoms with van der Waals surface area (Å²) in [6.45, 7) is 4.39. The summed E-state index contributed by atoms with van der Waals surface area (Å²) in [5.41, 5.74) is 1.79. The highest BCUT2D eigenvalue weighted by atomic mass is 35.5. The first-order valence-electron chi connectivity index (χ1n) is 12.0. The van der Waals surface area contributed by atoms with Crippen molar-refractivity contribution in [2.24, 2.45) is 5.41 Å². The quantitative estimate of drug-likeness (QED) is 0.293. The van der Waals surface area contributed by atoms with Crippen molar-refractivity contribution in [3.63, 3.8) is 0 Å². The minimum atomic E-state index is -0.824. The van der Waals surface area contributed by atoms with Crippen LogP contribution in [0.1, 0.15) is 41.9 Å². The van der Waals surface area contributed by atoms with Crippen molar-refractivity contribution in [1.29, 1.82) is 0 Å². The third kappa shape index (κ3) is 4.38. The summed E-state index contributed by atoms with van der Waals surface area (Å²) in [4.78, 5) is 42.1. The van der Waals surface area contributed by atoms with E-state index in [4.69, 9.17) is 21.1 Å². The summed E-state index contributed by atoms with van der Waals surface area (Å²) in [5.74, 6) is -0.549. The molecule has 0 unspecified atom stereocenters. The first-order valence-corrected chi connectivity index (χ1v) is 13.2. The third-order valence-corrected chi connectivity index (χ3v) is 8.19. The molecule has 0 spiro atoms. The van der Waals surface area contributed by atoms with Crippen LogP contribution in [0.5, 0.6) is 11.8 Å². The lowest BCUT2D eigenvalue weighted by atomic mass is 9.68. The number of ether oxygens (including phenoxy) is 2. The zero-order chi connectivity index (χ0) is 26.6. The number of aromatic nitrogens is 4. The van der Waals surface area contributed by atoms with Gasteiger partial charge in [-0.3, -0.25) is 9.59 Å². The Morgan fingerprint density at radius 3 is 2.87 bits per heavy atom. The van der Waals surface area contributed by atoms with Crippen LogP contribution in [-0.4, -0.2) is 55.6 Å². The van der Waals surface area contributed by atoms with Crippen LogP contribution in [-0.2, 0) is 16.1 Å². The molecule has 1 aliphatic heterocycles. The van der Waals surface area contributed by atoms with Crippen LogP contribution < -0.4 is 15.4 Å². The summed E-state index contributed by atoms with van der Waals surface area (Å²) < 4.78 is 12.8. The largest absolute Gasteiger partial charge is 0.481 e. The van der Waals surface area contributed by atoms with Crippen molar-refractivity contribution in [3.8, 4) is 11.8 Å². The first-order chi connectivity index (χ1) is 18.2. The number of carbonyl (C=O) groups excluding carboxylic acids is 1. The van der Waals surface area contributed by atoms with Gasteiger partial charge in [0.2, 0.25) is 17.0 Å². The van der Waals surface area contributed by atoms with Crippen molar-refractivity contribution < 1.29 is 24.2 Å². The molecule has 13 heteroatoms. The zero-order valence-corrected chi connectivity index (χ0v) is 22.0. The van der Waals surface area contributed by atoms with E-state index < -0.39 is 11.4 Å². The lowest BCUT2D eigenvalue weighted by Gasteiger charge is -2.41. The number of nitrogens with one attached hydrogen (secondary N) is 2. The Morgan fingerprint density at radius 2 is 2.08 bits per heavy atom. The van der Waals surface area contributed by atoms with E-state index >= 15 is 0 Å². The van der Waals surface area contributed by atoms with Crippen molar-refractivity contribution in [2.75, 3.05) is 11.9 Å². The smallest absolute Gasteiger partial charge is 0.309 e. The van der Waals surface area contributed by atoms with Crippen LogP contribution in [0, 0.1) is 5.41 Å². The molecule has 1 atom stereocenters. The molecule has 1 aromatic carbocycles. The maximum Gasteiger partial charge on any atom is 0.309 e. The van der Waals surface area contributed by atoms with Gasteiger partial charge in [-0.15, -0.1) is 11.3 Å². The molecule has 6 rings (SSSR count). The third-order valence-electron chi connectivity index (χ3n) is 6.85. The molecule has 2 aliphatic rings. The van der Waals surface area contributed by atoms with Gasteiger partial charge in [-0.1, -0.05) is 0 Å². The fourth-order valence-corrected chi connectivity index (χ4v) is 5.94. The summed E-state index contributed by atoms with van der Waals surface area (Å²) in [6.07, 6.45) is 3.69. The second-order valence-electron chi connectivity index (χ2n) is 9.85. The average Bonchev–Trinajstić information content (AvgIpc) is 3.18. The van der Waals surface area contributed by atoms with Gasteiger partial charge in [0.15, 0.2) is 0 Å². The molecule has 3 aromatic heterocycles. The summed E-state index contributed by atoms with van der Waals surface area (Å²) in [5, 5.41) is 16.5. The van der Waals surface area contributed by atoms with E-state index in [0.29, 0.717) is 40.9 Å². The van der Waals surface area contributed by atoms with Gasteiger partial charge >= 0.3 is 5.97 Å². The van der Waals surface area contributed by atoms with Crippen LogP contribution >= 0.6 is 22.9 Å². The molecule has 1 amide bonds. The Bertz CT molecular complexity index is 1600. The molecule has 0 bridgehead atoms. The van der Waals surface area contributed by atoms with Crippen LogP contribution in [0.25, 0.3) is 21.1 Å². The van der Waals surface area contributed by atoms with Crippen LogP contribution in [0.15, 0.2) is 24.5 Å². The number of fused-ring (bicyclic) bond motifs is 5. The van der Waals surface area contributed by atoms with Gasteiger partial charge in [-0.05, 0) is 50.4 Å². The van der Waals surface area contributed by atoms with Gasteiger partial charge in [0.1, 0.15) is 4.88 Å². The molecular weight excluding hydrogens is 532 g/mol. The number of carboxylic acids is 1. The molecule has 0 radical (unpaired) electrons. The summed E-state index contributed by atoms with van der Waals surface area (Å²) in [7, 11) is 0. The highest BCUT2D eigenvalue weighted by Gasteiger charge is 2.47.